The summed E-state index contributed by atoms with van der Waals surface area (Å²) in [6, 6.07) is 0. The van der Waals surface area contributed by atoms with Gasteiger partial charge in [-0.3, -0.25) is 0 Å². The summed E-state index contributed by atoms with van der Waals surface area (Å²) in [5, 5.41) is -0.0322. The van der Waals surface area contributed by atoms with Crippen molar-refractivity contribution in [3.05, 3.63) is 0 Å². The maximum absolute atomic E-state index is 9.86. The number of nitrogens with zero attached hydrogens (tertiary/aromatic N) is 1. The molecule has 1 atom stereocenters. The quantitative estimate of drug-likeness (QED) is 0.332. The van der Waals surface area contributed by atoms with Gasteiger partial charge in [0, 0.05) is 0 Å². The summed E-state index contributed by atoms with van der Waals surface area (Å²) >= 11 is 1.39. The lowest BCUT2D eigenvalue weighted by molar-refractivity contribution is -0.105. The van der Waals surface area contributed by atoms with E-state index in [1.54, 1.807) is 0 Å². The van der Waals surface area contributed by atoms with Crippen molar-refractivity contribution in [2.75, 3.05) is 5.75 Å². The van der Waals surface area contributed by atoms with E-state index in [0.29, 0.717) is 5.75 Å². The Bertz CT molecular complexity index is 133. The van der Waals surface area contributed by atoms with E-state index in [4.69, 9.17) is 11.5 Å². The largest absolute Gasteiger partial charge is 0.370 e. The molecule has 0 bridgehead atoms. The minimum atomic E-state index is -0.0322. The summed E-state index contributed by atoms with van der Waals surface area (Å²) in [4.78, 5) is 13.7. The van der Waals surface area contributed by atoms with Crippen LogP contribution in [0, 0.1) is 0 Å². The molecule has 0 spiro atoms. The fourth-order valence-corrected chi connectivity index (χ4v) is 0.979. The van der Waals surface area contributed by atoms with Crippen LogP contribution >= 0.6 is 11.8 Å². The number of hydrogen-bond donors (Lipinski definition) is 2. The van der Waals surface area contributed by atoms with Crippen LogP contribution in [0.25, 0.3) is 0 Å². The first-order chi connectivity index (χ1) is 4.66. The van der Waals surface area contributed by atoms with Crippen LogP contribution < -0.4 is 11.5 Å². The Labute approximate surface area is 64.1 Å². The van der Waals surface area contributed by atoms with Crippen LogP contribution in [0.5, 0.6) is 0 Å². The smallest absolute Gasteiger partial charge is 0.187 e. The number of carbonyl (C=O) groups is 1. The van der Waals surface area contributed by atoms with E-state index in [-0.39, 0.29) is 11.3 Å². The highest BCUT2D eigenvalue weighted by molar-refractivity contribution is 8.00. The van der Waals surface area contributed by atoms with Gasteiger partial charge in [-0.25, -0.2) is 4.99 Å². The molecule has 0 aliphatic carbocycles. The van der Waals surface area contributed by atoms with E-state index in [0.717, 1.165) is 6.29 Å². The first-order valence-corrected chi connectivity index (χ1v) is 3.85. The maximum atomic E-state index is 9.86. The van der Waals surface area contributed by atoms with Crippen molar-refractivity contribution in [2.45, 2.75) is 12.3 Å². The SMILES string of the molecule is CC(N=C(N)N)SCC=O. The average Bonchev–Trinajstić information content (AvgIpc) is 1.82. The summed E-state index contributed by atoms with van der Waals surface area (Å²) in [5.74, 6) is 0.490. The molecule has 0 saturated carbocycles. The van der Waals surface area contributed by atoms with Gasteiger partial charge in [-0.1, -0.05) is 0 Å². The molecule has 0 rings (SSSR count). The third-order valence-electron chi connectivity index (χ3n) is 0.736. The minimum absolute atomic E-state index is 0.0322. The van der Waals surface area contributed by atoms with Crippen molar-refractivity contribution >= 4 is 24.0 Å². The molecular formula is C5H11N3OS. The lowest BCUT2D eigenvalue weighted by atomic mass is 10.8. The Hall–Kier alpha value is -0.710. The zero-order valence-corrected chi connectivity index (χ0v) is 6.60. The summed E-state index contributed by atoms with van der Waals surface area (Å²) in [6.07, 6.45) is 0.823. The van der Waals surface area contributed by atoms with Crippen LogP contribution in [0.3, 0.4) is 0 Å². The van der Waals surface area contributed by atoms with E-state index in [1.165, 1.54) is 11.8 Å². The Kier molecular flexibility index (Phi) is 4.74. The molecule has 0 saturated heterocycles. The number of rotatable bonds is 4. The summed E-state index contributed by atoms with van der Waals surface area (Å²) in [7, 11) is 0. The molecule has 0 aromatic rings. The summed E-state index contributed by atoms with van der Waals surface area (Å²) < 4.78 is 0. The third-order valence-corrected chi connectivity index (χ3v) is 1.65. The van der Waals surface area contributed by atoms with Gasteiger partial charge in [0.15, 0.2) is 5.96 Å². The van der Waals surface area contributed by atoms with Gasteiger partial charge in [0.1, 0.15) is 6.29 Å². The predicted molar refractivity (Wildman–Crippen MR) is 43.8 cm³/mol. The van der Waals surface area contributed by atoms with Crippen LogP contribution in [0.4, 0.5) is 0 Å². The number of thioether (sulfide) groups is 1. The van der Waals surface area contributed by atoms with Gasteiger partial charge in [0.2, 0.25) is 0 Å². The number of guanidine groups is 1. The van der Waals surface area contributed by atoms with Crippen molar-refractivity contribution in [3.8, 4) is 0 Å². The van der Waals surface area contributed by atoms with Crippen molar-refractivity contribution < 1.29 is 4.79 Å². The summed E-state index contributed by atoms with van der Waals surface area (Å²) in [6.45, 7) is 1.83. The zero-order chi connectivity index (χ0) is 7.98. The molecule has 5 heteroatoms. The number of aldehydes is 1. The topological polar surface area (TPSA) is 81.5 Å². The number of nitrogens with two attached hydrogens (primary N) is 2. The van der Waals surface area contributed by atoms with Gasteiger partial charge >= 0.3 is 0 Å². The minimum Gasteiger partial charge on any atom is -0.370 e. The highest BCUT2D eigenvalue weighted by Crippen LogP contribution is 2.08. The highest BCUT2D eigenvalue weighted by atomic mass is 32.2. The first kappa shape index (κ1) is 9.29. The zero-order valence-electron chi connectivity index (χ0n) is 5.78. The molecule has 0 radical (unpaired) electrons. The fourth-order valence-electron chi connectivity index (χ4n) is 0.426. The molecule has 10 heavy (non-hydrogen) atoms. The van der Waals surface area contributed by atoms with Crippen molar-refractivity contribution in [2.24, 2.45) is 16.5 Å². The van der Waals surface area contributed by atoms with Crippen molar-refractivity contribution in [1.82, 2.24) is 0 Å². The van der Waals surface area contributed by atoms with Gasteiger partial charge in [0.05, 0.1) is 11.1 Å². The van der Waals surface area contributed by atoms with Gasteiger partial charge in [-0.2, -0.15) is 0 Å². The second-order valence-electron chi connectivity index (χ2n) is 1.65. The van der Waals surface area contributed by atoms with Crippen molar-refractivity contribution in [1.29, 1.82) is 0 Å². The molecule has 0 fully saturated rings. The Morgan fingerprint density at radius 1 is 1.80 bits per heavy atom. The van der Waals surface area contributed by atoms with Crippen LogP contribution in [0.2, 0.25) is 0 Å². The van der Waals surface area contributed by atoms with Crippen molar-refractivity contribution in [3.63, 3.8) is 0 Å². The Morgan fingerprint density at radius 3 is 2.80 bits per heavy atom. The molecule has 0 heterocycles. The van der Waals surface area contributed by atoms with Gasteiger partial charge < -0.3 is 16.3 Å². The van der Waals surface area contributed by atoms with E-state index in [9.17, 15) is 4.79 Å². The normalized spacial score (nSPS) is 12.1. The molecule has 0 amide bonds. The highest BCUT2D eigenvalue weighted by Gasteiger charge is 1.97. The van der Waals surface area contributed by atoms with E-state index < -0.39 is 0 Å². The van der Waals surface area contributed by atoms with Crippen LogP contribution in [0.15, 0.2) is 4.99 Å². The van der Waals surface area contributed by atoms with E-state index >= 15 is 0 Å². The monoisotopic (exact) mass is 161 g/mol. The molecule has 58 valence electrons. The van der Waals surface area contributed by atoms with Gasteiger partial charge in [-0.15, -0.1) is 11.8 Å². The predicted octanol–water partition coefficient (Wildman–Crippen LogP) is -0.462. The number of hydrogen-bond acceptors (Lipinski definition) is 3. The molecule has 4 nitrogen and oxygen atoms in total. The second-order valence-corrected chi connectivity index (χ2v) is 3.00. The molecule has 0 aromatic carbocycles. The fraction of sp³-hybridized carbons (Fsp3) is 0.600. The lowest BCUT2D eigenvalue weighted by Gasteiger charge is -2.01. The molecular weight excluding hydrogens is 150 g/mol. The molecule has 1 unspecified atom stereocenters. The Morgan fingerprint density at radius 2 is 2.40 bits per heavy atom. The second kappa shape index (κ2) is 5.10. The Balaban J connectivity index is 3.52. The van der Waals surface area contributed by atoms with E-state index in [1.807, 2.05) is 6.92 Å². The molecule has 0 aliphatic heterocycles. The lowest BCUT2D eigenvalue weighted by Crippen LogP contribution is -2.24. The first-order valence-electron chi connectivity index (χ1n) is 2.80. The molecule has 0 aromatic heterocycles. The standard InChI is InChI=1S/C5H11N3OS/c1-4(8-5(6)7)10-3-2-9/h2,4H,3H2,1H3,(H4,6,7,8). The average molecular weight is 161 g/mol. The number of aliphatic imine (C=N–C) groups is 1. The number of carbonyl (C=O) groups excluding carboxylic acids is 1. The summed E-state index contributed by atoms with van der Waals surface area (Å²) in [5.41, 5.74) is 10.2. The van der Waals surface area contributed by atoms with Crippen LogP contribution in [0.1, 0.15) is 6.92 Å². The third kappa shape index (κ3) is 5.43. The van der Waals surface area contributed by atoms with Gasteiger partial charge in [-0.05, 0) is 6.92 Å². The molecule has 4 N–H and O–H groups in total. The molecule has 0 aliphatic rings. The van der Waals surface area contributed by atoms with E-state index in [2.05, 4.69) is 4.99 Å². The van der Waals surface area contributed by atoms with Crippen LogP contribution in [-0.4, -0.2) is 23.4 Å². The van der Waals surface area contributed by atoms with Crippen LogP contribution in [-0.2, 0) is 4.79 Å². The maximum Gasteiger partial charge on any atom is 0.187 e. The van der Waals surface area contributed by atoms with Gasteiger partial charge in [0.25, 0.3) is 0 Å².